The van der Waals surface area contributed by atoms with Gasteiger partial charge in [-0.15, -0.1) is 0 Å². The zero-order valence-corrected chi connectivity index (χ0v) is 17.4. The summed E-state index contributed by atoms with van der Waals surface area (Å²) in [6, 6.07) is 4.74. The molecule has 2 aliphatic rings. The Morgan fingerprint density at radius 3 is 2.83 bits per heavy atom. The molecule has 0 spiro atoms. The zero-order chi connectivity index (χ0) is 21.7. The van der Waals surface area contributed by atoms with Crippen molar-refractivity contribution in [3.05, 3.63) is 47.0 Å². The molecule has 0 aromatic heterocycles. The lowest BCUT2D eigenvalue weighted by molar-refractivity contribution is -0.128. The summed E-state index contributed by atoms with van der Waals surface area (Å²) in [6.07, 6.45) is 3.12. The van der Waals surface area contributed by atoms with Gasteiger partial charge in [-0.2, -0.15) is 0 Å². The fraction of sp³-hybridized carbons (Fsp3) is 0.429. The molecule has 8 nitrogen and oxygen atoms in total. The van der Waals surface area contributed by atoms with E-state index in [1.807, 2.05) is 0 Å². The molecule has 3 rings (SSSR count). The molecule has 0 radical (unpaired) electrons. The van der Waals surface area contributed by atoms with Gasteiger partial charge in [0.05, 0.1) is 24.9 Å². The Morgan fingerprint density at radius 1 is 1.40 bits per heavy atom. The third-order valence-corrected chi connectivity index (χ3v) is 5.23. The van der Waals surface area contributed by atoms with Crippen LogP contribution in [0.5, 0.6) is 0 Å². The van der Waals surface area contributed by atoms with Crippen molar-refractivity contribution >= 4 is 23.1 Å². The summed E-state index contributed by atoms with van der Waals surface area (Å²) in [4.78, 5) is 17.9. The largest absolute Gasteiger partial charge is 0.397 e. The van der Waals surface area contributed by atoms with Gasteiger partial charge in [-0.3, -0.25) is 4.79 Å². The normalized spacial score (nSPS) is 20.5. The van der Waals surface area contributed by atoms with Gasteiger partial charge in [0.1, 0.15) is 17.3 Å². The number of nitrogens with two attached hydrogens (primary N) is 2. The molecular formula is C21H29FN6O2. The van der Waals surface area contributed by atoms with E-state index in [1.54, 1.807) is 24.2 Å². The van der Waals surface area contributed by atoms with E-state index in [0.29, 0.717) is 49.6 Å². The van der Waals surface area contributed by atoms with E-state index in [0.717, 1.165) is 12.1 Å². The van der Waals surface area contributed by atoms with E-state index >= 15 is 0 Å². The number of ether oxygens (including phenoxy) is 1. The van der Waals surface area contributed by atoms with Crippen LogP contribution in [0.3, 0.4) is 0 Å². The fourth-order valence-electron chi connectivity index (χ4n) is 3.53. The number of carbonyl (C=O) groups excluding carboxylic acids is 1. The predicted octanol–water partition coefficient (Wildman–Crippen LogP) is 1.18. The lowest BCUT2D eigenvalue weighted by Crippen LogP contribution is -2.43. The van der Waals surface area contributed by atoms with Gasteiger partial charge in [-0.05, 0) is 18.6 Å². The number of halogens is 1. The third-order valence-electron chi connectivity index (χ3n) is 5.23. The number of hydrogen-bond acceptors (Lipinski definition) is 6. The van der Waals surface area contributed by atoms with Crippen molar-refractivity contribution in [2.24, 2.45) is 16.5 Å². The van der Waals surface area contributed by atoms with Crippen LogP contribution in [-0.4, -0.2) is 56.0 Å². The number of amidine groups is 1. The average molecular weight is 417 g/mol. The van der Waals surface area contributed by atoms with Crippen molar-refractivity contribution in [3.8, 4) is 0 Å². The fourth-order valence-corrected chi connectivity index (χ4v) is 3.53. The summed E-state index contributed by atoms with van der Waals surface area (Å²) in [5.41, 5.74) is 14.9. The Hall–Kier alpha value is -3.07. The zero-order valence-electron chi connectivity index (χ0n) is 17.4. The van der Waals surface area contributed by atoms with E-state index in [-0.39, 0.29) is 23.5 Å². The van der Waals surface area contributed by atoms with Gasteiger partial charge in [-0.1, -0.05) is 6.07 Å². The van der Waals surface area contributed by atoms with Crippen LogP contribution in [0.1, 0.15) is 25.3 Å². The minimum Gasteiger partial charge on any atom is -0.397 e. The predicted molar refractivity (Wildman–Crippen MR) is 115 cm³/mol. The highest BCUT2D eigenvalue weighted by atomic mass is 19.1. The molecule has 9 heteroatoms. The molecule has 6 N–H and O–H groups in total. The Kier molecular flexibility index (Phi) is 6.94. The molecule has 1 aromatic rings. The molecule has 1 fully saturated rings. The molecule has 1 atom stereocenters. The summed E-state index contributed by atoms with van der Waals surface area (Å²) in [5.74, 6) is -0.375. The minimum atomic E-state index is -0.526. The van der Waals surface area contributed by atoms with Gasteiger partial charge in [0, 0.05) is 56.6 Å². The van der Waals surface area contributed by atoms with Crippen molar-refractivity contribution < 1.29 is 13.9 Å². The molecule has 2 heterocycles. The highest BCUT2D eigenvalue weighted by Gasteiger charge is 2.26. The number of hydrogen-bond donors (Lipinski definition) is 4. The third kappa shape index (κ3) is 5.10. The summed E-state index contributed by atoms with van der Waals surface area (Å²) in [6.45, 7) is 3.80. The van der Waals surface area contributed by atoms with Crippen molar-refractivity contribution in [1.29, 1.82) is 0 Å². The lowest BCUT2D eigenvalue weighted by atomic mass is 10.0. The quantitative estimate of drug-likeness (QED) is 0.409. The highest BCUT2D eigenvalue weighted by molar-refractivity contribution is 6.00. The lowest BCUT2D eigenvalue weighted by Gasteiger charge is -2.31. The number of benzene rings is 1. The first kappa shape index (κ1) is 21.6. The molecule has 0 bridgehead atoms. The number of carbonyl (C=O) groups is 1. The smallest absolute Gasteiger partial charge is 0.219 e. The SMILES string of the molecule is CN/C=C(\N)c1ccc(N=C(N)C2=C(NC3CCOC3)CCN(C(C)=O)C2)c(F)c1. The maximum Gasteiger partial charge on any atom is 0.219 e. The van der Waals surface area contributed by atoms with Crippen molar-refractivity contribution in [1.82, 2.24) is 15.5 Å². The Labute approximate surface area is 175 Å². The summed E-state index contributed by atoms with van der Waals surface area (Å²) >= 11 is 0. The second-order valence-corrected chi connectivity index (χ2v) is 7.40. The van der Waals surface area contributed by atoms with Gasteiger partial charge in [0.2, 0.25) is 5.91 Å². The number of nitrogens with zero attached hydrogens (tertiary/aromatic N) is 2. The number of aliphatic imine (C=N–C) groups is 1. The van der Waals surface area contributed by atoms with Gasteiger partial charge >= 0.3 is 0 Å². The topological polar surface area (TPSA) is 118 Å². The molecule has 2 aliphatic heterocycles. The average Bonchev–Trinajstić information content (AvgIpc) is 3.22. The van der Waals surface area contributed by atoms with E-state index in [1.165, 1.54) is 19.1 Å². The number of nitrogens with one attached hydrogen (secondary N) is 2. The monoisotopic (exact) mass is 416 g/mol. The van der Waals surface area contributed by atoms with Crippen molar-refractivity contribution in [2.45, 2.75) is 25.8 Å². The first-order valence-electron chi connectivity index (χ1n) is 9.98. The molecule has 0 saturated carbocycles. The van der Waals surface area contributed by atoms with Crippen LogP contribution in [0.15, 0.2) is 40.7 Å². The molecule has 30 heavy (non-hydrogen) atoms. The van der Waals surface area contributed by atoms with Crippen LogP contribution in [0.2, 0.25) is 0 Å². The van der Waals surface area contributed by atoms with Crippen LogP contribution in [0.4, 0.5) is 10.1 Å². The van der Waals surface area contributed by atoms with Crippen LogP contribution in [0.25, 0.3) is 5.70 Å². The second-order valence-electron chi connectivity index (χ2n) is 7.40. The Morgan fingerprint density at radius 2 is 2.20 bits per heavy atom. The first-order chi connectivity index (χ1) is 14.4. The standard InChI is InChI=1S/C21H29FN6O2/c1-13(29)28-7-5-19(26-15-6-8-30-12-15)16(11-28)21(24)27-20-4-3-14(9-17(20)22)18(23)10-25-2/h3-4,9-10,15,25-26H,5-8,11-12,23H2,1-2H3,(H2,24,27)/b18-10-. The van der Waals surface area contributed by atoms with Crippen molar-refractivity contribution in [3.63, 3.8) is 0 Å². The van der Waals surface area contributed by atoms with Gasteiger partial charge in [0.25, 0.3) is 0 Å². The molecule has 1 aromatic carbocycles. The van der Waals surface area contributed by atoms with Gasteiger partial charge in [0.15, 0.2) is 0 Å². The van der Waals surface area contributed by atoms with Gasteiger partial charge < -0.3 is 31.7 Å². The first-order valence-corrected chi connectivity index (χ1v) is 9.98. The van der Waals surface area contributed by atoms with E-state index in [2.05, 4.69) is 15.6 Å². The van der Waals surface area contributed by atoms with E-state index in [4.69, 9.17) is 16.2 Å². The van der Waals surface area contributed by atoms with E-state index < -0.39 is 5.82 Å². The minimum absolute atomic E-state index is 0.0362. The summed E-state index contributed by atoms with van der Waals surface area (Å²) in [7, 11) is 1.72. The Bertz CT molecular complexity index is 889. The molecule has 1 amide bonds. The molecule has 0 aliphatic carbocycles. The molecule has 162 valence electrons. The van der Waals surface area contributed by atoms with E-state index in [9.17, 15) is 9.18 Å². The van der Waals surface area contributed by atoms with Crippen LogP contribution >= 0.6 is 0 Å². The summed E-state index contributed by atoms with van der Waals surface area (Å²) < 4.78 is 20.1. The molecular weight excluding hydrogens is 387 g/mol. The maximum atomic E-state index is 14.6. The Balaban J connectivity index is 1.90. The van der Waals surface area contributed by atoms with Crippen LogP contribution in [-0.2, 0) is 9.53 Å². The van der Waals surface area contributed by atoms with Gasteiger partial charge in [-0.25, -0.2) is 9.38 Å². The number of amides is 1. The van der Waals surface area contributed by atoms with Crippen LogP contribution in [0, 0.1) is 5.82 Å². The molecule has 1 saturated heterocycles. The number of rotatable bonds is 6. The maximum absolute atomic E-state index is 14.6. The summed E-state index contributed by atoms with van der Waals surface area (Å²) in [5, 5.41) is 6.29. The molecule has 1 unspecified atom stereocenters. The highest BCUT2D eigenvalue weighted by Crippen LogP contribution is 2.24. The second kappa shape index (κ2) is 9.62. The van der Waals surface area contributed by atoms with Crippen molar-refractivity contribution in [2.75, 3.05) is 33.4 Å². The van der Waals surface area contributed by atoms with Crippen LogP contribution < -0.4 is 22.1 Å².